The average molecular weight is 271 g/mol. The van der Waals surface area contributed by atoms with Gasteiger partial charge in [-0.3, -0.25) is 0 Å². The molecule has 1 saturated heterocycles. The fraction of sp³-hybridized carbons (Fsp3) is 0.571. The lowest BCUT2D eigenvalue weighted by Gasteiger charge is -2.27. The van der Waals surface area contributed by atoms with Crippen LogP contribution >= 0.6 is 11.6 Å². The highest BCUT2D eigenvalue weighted by molar-refractivity contribution is 6.31. The van der Waals surface area contributed by atoms with Gasteiger partial charge in [-0.1, -0.05) is 25.4 Å². The molecule has 100 valence electrons. The summed E-state index contributed by atoms with van der Waals surface area (Å²) in [5, 5.41) is 0.143. The predicted molar refractivity (Wildman–Crippen MR) is 75.7 cm³/mol. The number of benzene rings is 1. The summed E-state index contributed by atoms with van der Waals surface area (Å²) in [6.07, 6.45) is 3.48. The smallest absolute Gasteiger partial charge is 0.143 e. The molecule has 1 aromatic carbocycles. The molecule has 0 spiro atoms. The zero-order chi connectivity index (χ0) is 13.3. The van der Waals surface area contributed by atoms with Crippen LogP contribution in [-0.4, -0.2) is 13.1 Å². The molecular formula is C14H20ClFN2. The lowest BCUT2D eigenvalue weighted by Crippen LogP contribution is -2.26. The number of halogens is 2. The van der Waals surface area contributed by atoms with Crippen LogP contribution in [0.4, 0.5) is 15.8 Å². The van der Waals surface area contributed by atoms with E-state index in [0.717, 1.165) is 38.0 Å². The van der Waals surface area contributed by atoms with Crippen LogP contribution in [0.25, 0.3) is 0 Å². The topological polar surface area (TPSA) is 29.3 Å². The van der Waals surface area contributed by atoms with Gasteiger partial charge in [0.15, 0.2) is 0 Å². The second-order valence-corrected chi connectivity index (χ2v) is 5.61. The van der Waals surface area contributed by atoms with Crippen LogP contribution in [0.1, 0.15) is 33.1 Å². The number of nitrogens with two attached hydrogens (primary N) is 1. The van der Waals surface area contributed by atoms with Gasteiger partial charge in [-0.2, -0.15) is 0 Å². The summed E-state index contributed by atoms with van der Waals surface area (Å²) >= 11 is 5.85. The van der Waals surface area contributed by atoms with Gasteiger partial charge in [-0.25, -0.2) is 4.39 Å². The summed E-state index contributed by atoms with van der Waals surface area (Å²) < 4.78 is 13.3. The molecule has 2 N–H and O–H groups in total. The second kappa shape index (κ2) is 4.96. The van der Waals surface area contributed by atoms with Crippen molar-refractivity contribution in [2.75, 3.05) is 23.7 Å². The van der Waals surface area contributed by atoms with Gasteiger partial charge in [0.2, 0.25) is 0 Å². The molecule has 1 fully saturated rings. The van der Waals surface area contributed by atoms with Gasteiger partial charge >= 0.3 is 0 Å². The van der Waals surface area contributed by atoms with Crippen molar-refractivity contribution in [3.8, 4) is 0 Å². The maximum absolute atomic E-state index is 13.3. The Hall–Kier alpha value is -0.960. The van der Waals surface area contributed by atoms with Crippen LogP contribution in [0.15, 0.2) is 12.1 Å². The van der Waals surface area contributed by atoms with E-state index >= 15 is 0 Å². The Morgan fingerprint density at radius 1 is 1.39 bits per heavy atom. The van der Waals surface area contributed by atoms with Crippen molar-refractivity contribution in [3.63, 3.8) is 0 Å². The molecule has 1 heterocycles. The summed E-state index contributed by atoms with van der Waals surface area (Å²) in [6, 6.07) is 2.96. The van der Waals surface area contributed by atoms with Gasteiger partial charge in [0.1, 0.15) is 5.82 Å². The Morgan fingerprint density at radius 2 is 2.06 bits per heavy atom. The van der Waals surface area contributed by atoms with E-state index in [9.17, 15) is 4.39 Å². The maximum Gasteiger partial charge on any atom is 0.143 e. The normalized spacial score (nSPS) is 18.3. The molecule has 1 aromatic rings. The number of hydrogen-bond acceptors (Lipinski definition) is 2. The maximum atomic E-state index is 13.3. The van der Waals surface area contributed by atoms with Gasteiger partial charge in [0.05, 0.1) is 16.4 Å². The summed E-state index contributed by atoms with van der Waals surface area (Å²) in [7, 11) is 0. The Kier molecular flexibility index (Phi) is 3.71. The molecule has 18 heavy (non-hydrogen) atoms. The van der Waals surface area contributed by atoms with Gasteiger partial charge in [-0.15, -0.1) is 0 Å². The summed E-state index contributed by atoms with van der Waals surface area (Å²) in [4.78, 5) is 2.23. The van der Waals surface area contributed by atoms with E-state index in [0.29, 0.717) is 11.1 Å². The number of nitrogen functional groups attached to an aromatic ring is 1. The van der Waals surface area contributed by atoms with E-state index in [4.69, 9.17) is 17.3 Å². The Balaban J connectivity index is 2.27. The third-order valence-electron chi connectivity index (χ3n) is 4.35. The average Bonchev–Trinajstić information content (AvgIpc) is 2.79. The van der Waals surface area contributed by atoms with Crippen LogP contribution in [0.5, 0.6) is 0 Å². The van der Waals surface area contributed by atoms with E-state index in [-0.39, 0.29) is 5.02 Å². The first-order valence-corrected chi connectivity index (χ1v) is 6.88. The van der Waals surface area contributed by atoms with E-state index in [1.165, 1.54) is 6.07 Å². The lowest BCUT2D eigenvalue weighted by atomic mass is 9.82. The number of nitrogens with zero attached hydrogens (tertiary/aromatic N) is 1. The van der Waals surface area contributed by atoms with Crippen molar-refractivity contribution in [2.24, 2.45) is 5.41 Å². The van der Waals surface area contributed by atoms with Crippen molar-refractivity contribution in [1.29, 1.82) is 0 Å². The molecule has 1 aliphatic rings. The lowest BCUT2D eigenvalue weighted by molar-refractivity contribution is 0.301. The van der Waals surface area contributed by atoms with Gasteiger partial charge < -0.3 is 10.6 Å². The fourth-order valence-corrected chi connectivity index (χ4v) is 2.95. The SMILES string of the molecule is CCC1(CC)CCN(c2cc(Cl)c(F)cc2N)C1. The first-order valence-electron chi connectivity index (χ1n) is 6.51. The first-order chi connectivity index (χ1) is 8.51. The van der Waals surface area contributed by atoms with Crippen LogP contribution < -0.4 is 10.6 Å². The highest BCUT2D eigenvalue weighted by Crippen LogP contribution is 2.41. The third-order valence-corrected chi connectivity index (χ3v) is 4.64. The van der Waals surface area contributed by atoms with Crippen molar-refractivity contribution in [1.82, 2.24) is 0 Å². The Labute approximate surface area is 113 Å². The molecule has 1 aliphatic heterocycles. The minimum Gasteiger partial charge on any atom is -0.397 e. The Bertz CT molecular complexity index is 444. The standard InChI is InChI=1S/C14H20ClFN2/c1-3-14(4-2)5-6-18(9-14)13-7-10(15)11(16)8-12(13)17/h7-8H,3-6,9,17H2,1-2H3. The molecular weight excluding hydrogens is 251 g/mol. The molecule has 0 amide bonds. The van der Waals surface area contributed by atoms with Crippen LogP contribution in [0.3, 0.4) is 0 Å². The van der Waals surface area contributed by atoms with Crippen LogP contribution in [0, 0.1) is 11.2 Å². The predicted octanol–water partition coefficient (Wildman–Crippen LogP) is 4.08. The van der Waals surface area contributed by atoms with E-state index in [1.54, 1.807) is 6.07 Å². The Morgan fingerprint density at radius 3 is 2.61 bits per heavy atom. The molecule has 0 radical (unpaired) electrons. The molecule has 0 saturated carbocycles. The molecule has 2 nitrogen and oxygen atoms in total. The van der Waals surface area contributed by atoms with Gasteiger partial charge in [0, 0.05) is 19.2 Å². The number of anilines is 2. The number of rotatable bonds is 3. The molecule has 4 heteroatoms. The monoisotopic (exact) mass is 270 g/mol. The van der Waals surface area contributed by atoms with Crippen molar-refractivity contribution in [3.05, 3.63) is 23.0 Å². The largest absolute Gasteiger partial charge is 0.397 e. The summed E-state index contributed by atoms with van der Waals surface area (Å²) in [5.41, 5.74) is 7.61. The third kappa shape index (κ3) is 2.28. The van der Waals surface area contributed by atoms with E-state index < -0.39 is 5.82 Å². The molecule has 2 rings (SSSR count). The molecule has 0 aromatic heterocycles. The highest BCUT2D eigenvalue weighted by atomic mass is 35.5. The van der Waals surface area contributed by atoms with Crippen LogP contribution in [-0.2, 0) is 0 Å². The van der Waals surface area contributed by atoms with Crippen molar-refractivity contribution >= 4 is 23.0 Å². The summed E-state index contributed by atoms with van der Waals surface area (Å²) in [6.45, 7) is 6.40. The molecule has 0 bridgehead atoms. The van der Waals surface area contributed by atoms with Crippen molar-refractivity contribution in [2.45, 2.75) is 33.1 Å². The quantitative estimate of drug-likeness (QED) is 0.839. The minimum atomic E-state index is -0.450. The zero-order valence-electron chi connectivity index (χ0n) is 11.0. The molecule has 0 aliphatic carbocycles. The minimum absolute atomic E-state index is 0.143. The van der Waals surface area contributed by atoms with E-state index in [1.807, 2.05) is 0 Å². The fourth-order valence-electron chi connectivity index (χ4n) is 2.79. The summed E-state index contributed by atoms with van der Waals surface area (Å²) in [5.74, 6) is -0.450. The zero-order valence-corrected chi connectivity index (χ0v) is 11.7. The second-order valence-electron chi connectivity index (χ2n) is 5.20. The molecule has 0 unspecified atom stereocenters. The number of hydrogen-bond donors (Lipinski definition) is 1. The molecule has 0 atom stereocenters. The highest BCUT2D eigenvalue weighted by Gasteiger charge is 2.35. The first kappa shape index (κ1) is 13.5. The van der Waals surface area contributed by atoms with Crippen molar-refractivity contribution < 1.29 is 4.39 Å². The van der Waals surface area contributed by atoms with Crippen LogP contribution in [0.2, 0.25) is 5.02 Å². The van der Waals surface area contributed by atoms with E-state index in [2.05, 4.69) is 18.7 Å². The van der Waals surface area contributed by atoms with Gasteiger partial charge in [-0.05, 0) is 30.7 Å². The van der Waals surface area contributed by atoms with Gasteiger partial charge in [0.25, 0.3) is 0 Å².